The molecule has 1 heterocycles. The maximum absolute atomic E-state index is 12.0. The molecule has 21 heavy (non-hydrogen) atoms. The van der Waals surface area contributed by atoms with Gasteiger partial charge in [0.25, 0.3) is 0 Å². The Bertz CT molecular complexity index is 427. The van der Waals surface area contributed by atoms with Crippen molar-refractivity contribution in [3.8, 4) is 0 Å². The first-order valence-corrected chi connectivity index (χ1v) is 9.13. The van der Waals surface area contributed by atoms with E-state index in [-0.39, 0.29) is 5.91 Å². The van der Waals surface area contributed by atoms with Crippen molar-refractivity contribution in [2.45, 2.75) is 45.1 Å². The molecule has 0 bridgehead atoms. The second-order valence-corrected chi connectivity index (χ2v) is 6.78. The first-order chi connectivity index (χ1) is 10.3. The predicted octanol–water partition coefficient (Wildman–Crippen LogP) is 3.45. The van der Waals surface area contributed by atoms with Crippen molar-refractivity contribution in [1.82, 2.24) is 5.32 Å². The normalized spacial score (nSPS) is 18.4. The lowest BCUT2D eigenvalue weighted by Crippen LogP contribution is -2.39. The van der Waals surface area contributed by atoms with E-state index in [1.807, 2.05) is 23.9 Å². The van der Waals surface area contributed by atoms with Gasteiger partial charge in [-0.05, 0) is 30.5 Å². The lowest BCUT2D eigenvalue weighted by Gasteiger charge is -2.22. The van der Waals surface area contributed by atoms with E-state index in [0.717, 1.165) is 30.2 Å². The highest BCUT2D eigenvalue weighted by Crippen LogP contribution is 2.14. The molecule has 1 fully saturated rings. The van der Waals surface area contributed by atoms with Crippen molar-refractivity contribution >= 4 is 23.4 Å². The van der Waals surface area contributed by atoms with E-state index in [1.54, 1.807) is 0 Å². The van der Waals surface area contributed by atoms with Gasteiger partial charge < -0.3 is 10.6 Å². The molecular weight excluding hydrogens is 280 g/mol. The number of carbonyl (C=O) groups is 1. The second kappa shape index (κ2) is 9.11. The van der Waals surface area contributed by atoms with Crippen LogP contribution in [0.5, 0.6) is 0 Å². The van der Waals surface area contributed by atoms with Crippen LogP contribution in [0, 0.1) is 0 Å². The summed E-state index contributed by atoms with van der Waals surface area (Å²) in [4.78, 5) is 12.0. The molecule has 2 rings (SSSR count). The van der Waals surface area contributed by atoms with Gasteiger partial charge in [-0.15, -0.1) is 0 Å². The van der Waals surface area contributed by atoms with Crippen LogP contribution in [0.15, 0.2) is 24.3 Å². The van der Waals surface area contributed by atoms with Gasteiger partial charge in [0.2, 0.25) is 5.91 Å². The number of hydrogen-bond acceptors (Lipinski definition) is 3. The number of unbranched alkanes of at least 4 members (excludes halogenated alkanes) is 2. The minimum absolute atomic E-state index is 0.105. The Labute approximate surface area is 132 Å². The van der Waals surface area contributed by atoms with E-state index in [2.05, 4.69) is 29.7 Å². The number of nitrogens with one attached hydrogen (secondary N) is 2. The third-order valence-electron chi connectivity index (χ3n) is 3.74. The summed E-state index contributed by atoms with van der Waals surface area (Å²) in [5, 5.41) is 6.39. The number of rotatable bonds is 7. The molecule has 0 radical (unpaired) electrons. The highest BCUT2D eigenvalue weighted by atomic mass is 32.2. The lowest BCUT2D eigenvalue weighted by atomic mass is 10.1. The number of benzene rings is 1. The number of anilines is 1. The quantitative estimate of drug-likeness (QED) is 0.758. The summed E-state index contributed by atoms with van der Waals surface area (Å²) in [6.45, 7) is 3.23. The van der Waals surface area contributed by atoms with Gasteiger partial charge in [0.05, 0.1) is 0 Å². The van der Waals surface area contributed by atoms with Gasteiger partial charge in [-0.3, -0.25) is 4.79 Å². The van der Waals surface area contributed by atoms with Crippen LogP contribution in [-0.4, -0.2) is 30.0 Å². The van der Waals surface area contributed by atoms with Gasteiger partial charge in [0.15, 0.2) is 0 Å². The monoisotopic (exact) mass is 306 g/mol. The van der Waals surface area contributed by atoms with Crippen LogP contribution in [0.1, 0.15) is 38.2 Å². The van der Waals surface area contributed by atoms with Gasteiger partial charge >= 0.3 is 0 Å². The molecule has 1 amide bonds. The van der Waals surface area contributed by atoms with Crippen LogP contribution in [0.25, 0.3) is 0 Å². The minimum atomic E-state index is 0.105. The third kappa shape index (κ3) is 6.10. The SMILES string of the molecule is CCCCCc1ccc(NC(=O)CC2CSCCN2)cc1. The van der Waals surface area contributed by atoms with E-state index >= 15 is 0 Å². The average Bonchev–Trinajstić information content (AvgIpc) is 2.50. The summed E-state index contributed by atoms with van der Waals surface area (Å²) in [7, 11) is 0. The molecule has 0 saturated carbocycles. The molecule has 1 aromatic carbocycles. The van der Waals surface area contributed by atoms with E-state index in [9.17, 15) is 4.79 Å². The minimum Gasteiger partial charge on any atom is -0.326 e. The van der Waals surface area contributed by atoms with Crippen molar-refractivity contribution in [2.24, 2.45) is 0 Å². The fraction of sp³-hybridized carbons (Fsp3) is 0.588. The summed E-state index contributed by atoms with van der Waals surface area (Å²) in [6.07, 6.45) is 5.47. The molecule has 1 aliphatic rings. The van der Waals surface area contributed by atoms with Crippen molar-refractivity contribution < 1.29 is 4.79 Å². The predicted molar refractivity (Wildman–Crippen MR) is 92.0 cm³/mol. The van der Waals surface area contributed by atoms with Crippen LogP contribution >= 0.6 is 11.8 Å². The van der Waals surface area contributed by atoms with Crippen LogP contribution in [0.2, 0.25) is 0 Å². The number of thioether (sulfide) groups is 1. The Balaban J connectivity index is 1.75. The molecule has 116 valence electrons. The fourth-order valence-electron chi connectivity index (χ4n) is 2.52. The average molecular weight is 306 g/mol. The van der Waals surface area contributed by atoms with Gasteiger partial charge in [-0.25, -0.2) is 0 Å². The zero-order valence-electron chi connectivity index (χ0n) is 12.9. The molecule has 1 unspecified atom stereocenters. The first-order valence-electron chi connectivity index (χ1n) is 7.98. The van der Waals surface area contributed by atoms with E-state index in [4.69, 9.17) is 0 Å². The Morgan fingerprint density at radius 2 is 2.14 bits per heavy atom. The van der Waals surface area contributed by atoms with Crippen LogP contribution in [0.3, 0.4) is 0 Å². The smallest absolute Gasteiger partial charge is 0.225 e. The fourth-order valence-corrected chi connectivity index (χ4v) is 3.47. The maximum Gasteiger partial charge on any atom is 0.225 e. The molecule has 0 aromatic heterocycles. The molecule has 4 heteroatoms. The molecule has 3 nitrogen and oxygen atoms in total. The molecule has 0 aliphatic carbocycles. The van der Waals surface area contributed by atoms with E-state index in [0.29, 0.717) is 12.5 Å². The molecule has 1 aromatic rings. The van der Waals surface area contributed by atoms with Crippen molar-refractivity contribution in [3.63, 3.8) is 0 Å². The summed E-state index contributed by atoms with van der Waals surface area (Å²) in [5.41, 5.74) is 2.26. The van der Waals surface area contributed by atoms with Crippen molar-refractivity contribution in [3.05, 3.63) is 29.8 Å². The van der Waals surface area contributed by atoms with Gasteiger partial charge in [-0.2, -0.15) is 11.8 Å². The Kier molecular flexibility index (Phi) is 7.10. The Morgan fingerprint density at radius 1 is 1.33 bits per heavy atom. The highest BCUT2D eigenvalue weighted by Gasteiger charge is 2.16. The third-order valence-corrected chi connectivity index (χ3v) is 4.87. The zero-order chi connectivity index (χ0) is 14.9. The molecule has 1 saturated heterocycles. The van der Waals surface area contributed by atoms with Gasteiger partial charge in [0, 0.05) is 36.2 Å². The molecule has 1 atom stereocenters. The number of hydrogen-bond donors (Lipinski definition) is 2. The van der Waals surface area contributed by atoms with Crippen LogP contribution < -0.4 is 10.6 Å². The molecule has 0 spiro atoms. The maximum atomic E-state index is 12.0. The van der Waals surface area contributed by atoms with Gasteiger partial charge in [-0.1, -0.05) is 31.9 Å². The Hall–Kier alpha value is -1.00. The molecular formula is C17H26N2OS. The van der Waals surface area contributed by atoms with Crippen molar-refractivity contribution in [2.75, 3.05) is 23.4 Å². The van der Waals surface area contributed by atoms with Gasteiger partial charge in [0.1, 0.15) is 0 Å². The lowest BCUT2D eigenvalue weighted by molar-refractivity contribution is -0.116. The molecule has 1 aliphatic heterocycles. The standard InChI is InChI=1S/C17H26N2OS/c1-2-3-4-5-14-6-8-15(9-7-14)19-17(20)12-16-13-21-11-10-18-16/h6-9,16,18H,2-5,10-13H2,1H3,(H,19,20). The highest BCUT2D eigenvalue weighted by molar-refractivity contribution is 7.99. The van der Waals surface area contributed by atoms with E-state index in [1.165, 1.54) is 24.8 Å². The van der Waals surface area contributed by atoms with Crippen LogP contribution in [0.4, 0.5) is 5.69 Å². The summed E-state index contributed by atoms with van der Waals surface area (Å²) >= 11 is 1.92. The second-order valence-electron chi connectivity index (χ2n) is 5.63. The number of aryl methyl sites for hydroxylation is 1. The zero-order valence-corrected chi connectivity index (χ0v) is 13.7. The number of carbonyl (C=O) groups excluding carboxylic acids is 1. The summed E-state index contributed by atoms with van der Waals surface area (Å²) in [5.74, 6) is 2.29. The molecule has 2 N–H and O–H groups in total. The number of amides is 1. The largest absolute Gasteiger partial charge is 0.326 e. The van der Waals surface area contributed by atoms with Crippen molar-refractivity contribution in [1.29, 1.82) is 0 Å². The van der Waals surface area contributed by atoms with Crippen LogP contribution in [-0.2, 0) is 11.2 Å². The summed E-state index contributed by atoms with van der Waals surface area (Å²) < 4.78 is 0. The first kappa shape index (κ1) is 16.4. The summed E-state index contributed by atoms with van der Waals surface area (Å²) in [6, 6.07) is 8.60. The Morgan fingerprint density at radius 3 is 2.81 bits per heavy atom. The van der Waals surface area contributed by atoms with E-state index < -0.39 is 0 Å². The topological polar surface area (TPSA) is 41.1 Å².